The first kappa shape index (κ1) is 19.0. The molecule has 1 heterocycles. The average Bonchev–Trinajstić information content (AvgIpc) is 2.96. The van der Waals surface area contributed by atoms with Crippen LogP contribution in [0.15, 0.2) is 58.8 Å². The van der Waals surface area contributed by atoms with Gasteiger partial charge >= 0.3 is 6.18 Å². The number of aromatic nitrogens is 2. The van der Waals surface area contributed by atoms with Gasteiger partial charge in [0.1, 0.15) is 0 Å². The second-order valence-corrected chi connectivity index (χ2v) is 6.55. The monoisotopic (exact) mass is 392 g/mol. The van der Waals surface area contributed by atoms with Gasteiger partial charge in [0.15, 0.2) is 5.16 Å². The number of hydrogen-bond acceptors (Lipinski definition) is 4. The molecule has 140 valence electrons. The lowest BCUT2D eigenvalue weighted by Crippen LogP contribution is -2.20. The highest BCUT2D eigenvalue weighted by atomic mass is 32.2. The molecule has 0 saturated carbocycles. The molecule has 0 saturated heterocycles. The molecule has 0 unspecified atom stereocenters. The van der Waals surface area contributed by atoms with E-state index in [1.165, 1.54) is 30.0 Å². The van der Waals surface area contributed by atoms with Crippen LogP contribution >= 0.6 is 11.8 Å². The van der Waals surface area contributed by atoms with E-state index in [0.29, 0.717) is 5.16 Å². The Bertz CT molecular complexity index is 998. The molecule has 3 aromatic rings. The van der Waals surface area contributed by atoms with Crippen LogP contribution in [0.3, 0.4) is 0 Å². The van der Waals surface area contributed by atoms with E-state index in [2.05, 4.69) is 15.5 Å². The van der Waals surface area contributed by atoms with Crippen LogP contribution in [0.25, 0.3) is 11.0 Å². The minimum absolute atomic E-state index is 0.0371. The van der Waals surface area contributed by atoms with Gasteiger partial charge in [-0.3, -0.25) is 4.79 Å². The van der Waals surface area contributed by atoms with Gasteiger partial charge in [0.2, 0.25) is 0 Å². The minimum Gasteiger partial charge on any atom is -0.322 e. The fourth-order valence-corrected chi connectivity index (χ4v) is 3.24. The molecule has 1 N–H and O–H groups in total. The molecule has 0 aliphatic rings. The first-order valence-electron chi connectivity index (χ1n) is 7.88. The van der Waals surface area contributed by atoms with Gasteiger partial charge in [-0.25, -0.2) is 10.4 Å². The maximum Gasteiger partial charge on any atom is 0.417 e. The van der Waals surface area contributed by atoms with Crippen molar-refractivity contribution in [3.8, 4) is 0 Å². The summed E-state index contributed by atoms with van der Waals surface area (Å²) < 4.78 is 40.6. The van der Waals surface area contributed by atoms with Crippen molar-refractivity contribution < 1.29 is 18.0 Å². The number of para-hydroxylation sites is 2. The minimum atomic E-state index is -4.48. The van der Waals surface area contributed by atoms with Crippen molar-refractivity contribution in [2.45, 2.75) is 11.3 Å². The van der Waals surface area contributed by atoms with E-state index in [9.17, 15) is 18.0 Å². The molecule has 0 spiro atoms. The predicted molar refractivity (Wildman–Crippen MR) is 98.6 cm³/mol. The van der Waals surface area contributed by atoms with Crippen LogP contribution in [0, 0.1) is 0 Å². The number of halogens is 3. The number of hydrazone groups is 1. The highest BCUT2D eigenvalue weighted by molar-refractivity contribution is 7.99. The summed E-state index contributed by atoms with van der Waals surface area (Å²) in [5, 5.41) is 4.29. The molecule has 9 heteroatoms. The number of benzene rings is 2. The SMILES string of the molecule is Cn1c(SCC(=O)N/N=C/c2ccccc2C(F)(F)F)nc2ccccc21. The molecule has 0 radical (unpaired) electrons. The molecule has 0 fully saturated rings. The van der Waals surface area contributed by atoms with Gasteiger partial charge in [0.25, 0.3) is 5.91 Å². The van der Waals surface area contributed by atoms with Gasteiger partial charge < -0.3 is 4.57 Å². The second kappa shape index (κ2) is 7.83. The quantitative estimate of drug-likeness (QED) is 0.408. The number of nitrogens with one attached hydrogen (secondary N) is 1. The van der Waals surface area contributed by atoms with Crippen LogP contribution in [0.1, 0.15) is 11.1 Å². The number of fused-ring (bicyclic) bond motifs is 1. The molecule has 2 aromatic carbocycles. The Labute approximate surface area is 157 Å². The largest absolute Gasteiger partial charge is 0.417 e. The van der Waals surface area contributed by atoms with Crippen LogP contribution in [0.2, 0.25) is 0 Å². The van der Waals surface area contributed by atoms with E-state index in [1.807, 2.05) is 35.9 Å². The van der Waals surface area contributed by atoms with Gasteiger partial charge in [-0.05, 0) is 18.2 Å². The number of alkyl halides is 3. The summed E-state index contributed by atoms with van der Waals surface area (Å²) in [6.07, 6.45) is -3.50. The van der Waals surface area contributed by atoms with Crippen molar-refractivity contribution in [3.63, 3.8) is 0 Å². The van der Waals surface area contributed by atoms with Crippen LogP contribution in [-0.2, 0) is 18.0 Å². The van der Waals surface area contributed by atoms with Gasteiger partial charge in [0.05, 0.1) is 28.6 Å². The summed E-state index contributed by atoms with van der Waals surface area (Å²) in [7, 11) is 1.85. The molecule has 0 aliphatic heterocycles. The lowest BCUT2D eigenvalue weighted by Gasteiger charge is -2.09. The van der Waals surface area contributed by atoms with E-state index in [-0.39, 0.29) is 11.3 Å². The topological polar surface area (TPSA) is 59.3 Å². The van der Waals surface area contributed by atoms with Gasteiger partial charge in [-0.1, -0.05) is 42.1 Å². The van der Waals surface area contributed by atoms with Crippen molar-refractivity contribution >= 4 is 34.9 Å². The number of imidazole rings is 1. The number of carbonyl (C=O) groups is 1. The van der Waals surface area contributed by atoms with Crippen molar-refractivity contribution in [1.29, 1.82) is 0 Å². The fourth-order valence-electron chi connectivity index (χ4n) is 2.46. The Morgan fingerprint density at radius 1 is 1.22 bits per heavy atom. The molecule has 0 aliphatic carbocycles. The normalized spacial score (nSPS) is 12.0. The summed E-state index contributed by atoms with van der Waals surface area (Å²) in [5.74, 6) is -0.400. The number of aryl methyl sites for hydroxylation is 1. The third-order valence-electron chi connectivity index (χ3n) is 3.74. The molecule has 0 bridgehead atoms. The second-order valence-electron chi connectivity index (χ2n) is 5.61. The van der Waals surface area contributed by atoms with E-state index < -0.39 is 17.6 Å². The third kappa shape index (κ3) is 4.48. The average molecular weight is 392 g/mol. The number of thioether (sulfide) groups is 1. The lowest BCUT2D eigenvalue weighted by atomic mass is 10.1. The number of nitrogens with zero attached hydrogens (tertiary/aromatic N) is 3. The summed E-state index contributed by atoms with van der Waals surface area (Å²) in [5.41, 5.74) is 3.08. The van der Waals surface area contributed by atoms with Gasteiger partial charge in [-0.15, -0.1) is 0 Å². The highest BCUT2D eigenvalue weighted by Gasteiger charge is 2.32. The Kier molecular flexibility index (Phi) is 5.50. The maximum absolute atomic E-state index is 12.9. The van der Waals surface area contributed by atoms with Crippen molar-refractivity contribution in [2.24, 2.45) is 12.1 Å². The standard InChI is InChI=1S/C18H15F3N4OS/c1-25-15-9-5-4-8-14(15)23-17(25)27-11-16(26)24-22-10-12-6-2-3-7-13(12)18(19,20)21/h2-10H,11H2,1H3,(H,24,26)/b22-10+. The maximum atomic E-state index is 12.9. The zero-order chi connectivity index (χ0) is 19.4. The summed E-state index contributed by atoms with van der Waals surface area (Å²) in [4.78, 5) is 16.3. The van der Waals surface area contributed by atoms with Gasteiger partial charge in [0, 0.05) is 12.6 Å². The van der Waals surface area contributed by atoms with Crippen molar-refractivity contribution in [1.82, 2.24) is 15.0 Å². The zero-order valence-electron chi connectivity index (χ0n) is 14.2. The Morgan fingerprint density at radius 3 is 2.67 bits per heavy atom. The van der Waals surface area contributed by atoms with Gasteiger partial charge in [-0.2, -0.15) is 18.3 Å². The number of amides is 1. The summed E-state index contributed by atoms with van der Waals surface area (Å²) in [6.45, 7) is 0. The number of hydrogen-bond donors (Lipinski definition) is 1. The first-order valence-corrected chi connectivity index (χ1v) is 8.87. The molecule has 1 amide bonds. The molecule has 0 atom stereocenters. The zero-order valence-corrected chi connectivity index (χ0v) is 15.0. The Hall–Kier alpha value is -2.81. The molecular weight excluding hydrogens is 377 g/mol. The third-order valence-corrected chi connectivity index (χ3v) is 4.77. The predicted octanol–water partition coefficient (Wildman–Crippen LogP) is 3.83. The Morgan fingerprint density at radius 2 is 1.93 bits per heavy atom. The van der Waals surface area contributed by atoms with Crippen LogP contribution in [0.5, 0.6) is 0 Å². The van der Waals surface area contributed by atoms with Crippen LogP contribution < -0.4 is 5.43 Å². The Balaban J connectivity index is 1.60. The number of rotatable bonds is 5. The van der Waals surface area contributed by atoms with E-state index in [0.717, 1.165) is 23.3 Å². The van der Waals surface area contributed by atoms with Crippen molar-refractivity contribution in [2.75, 3.05) is 5.75 Å². The molecule has 27 heavy (non-hydrogen) atoms. The summed E-state index contributed by atoms with van der Waals surface area (Å²) in [6, 6.07) is 12.6. The number of carbonyl (C=O) groups excluding carboxylic acids is 1. The van der Waals surface area contributed by atoms with E-state index in [4.69, 9.17) is 0 Å². The summed E-state index contributed by atoms with van der Waals surface area (Å²) >= 11 is 1.22. The van der Waals surface area contributed by atoms with Crippen LogP contribution in [0.4, 0.5) is 13.2 Å². The van der Waals surface area contributed by atoms with E-state index in [1.54, 1.807) is 0 Å². The lowest BCUT2D eigenvalue weighted by molar-refractivity contribution is -0.137. The van der Waals surface area contributed by atoms with Crippen LogP contribution in [-0.4, -0.2) is 27.4 Å². The first-order chi connectivity index (χ1) is 12.9. The highest BCUT2D eigenvalue weighted by Crippen LogP contribution is 2.31. The molecular formula is C18H15F3N4OS. The van der Waals surface area contributed by atoms with Crippen molar-refractivity contribution in [3.05, 3.63) is 59.7 Å². The molecule has 5 nitrogen and oxygen atoms in total. The van der Waals surface area contributed by atoms with E-state index >= 15 is 0 Å². The fraction of sp³-hybridized carbons (Fsp3) is 0.167. The molecule has 1 aromatic heterocycles. The smallest absolute Gasteiger partial charge is 0.322 e. The molecule has 3 rings (SSSR count).